The number of hydrazone groups is 1. The van der Waals surface area contributed by atoms with Gasteiger partial charge in [0, 0.05) is 18.4 Å². The van der Waals surface area contributed by atoms with Crippen molar-refractivity contribution in [2.24, 2.45) is 11.0 Å². The van der Waals surface area contributed by atoms with Gasteiger partial charge in [0.15, 0.2) is 9.84 Å². The van der Waals surface area contributed by atoms with Crippen molar-refractivity contribution in [2.75, 3.05) is 6.26 Å². The first-order chi connectivity index (χ1) is 5.84. The second kappa shape index (κ2) is 3.29. The van der Waals surface area contributed by atoms with Gasteiger partial charge in [0.2, 0.25) is 0 Å². The molecule has 0 radical (unpaired) electrons. The molecule has 0 aromatic rings. The molecule has 1 aliphatic rings. The van der Waals surface area contributed by atoms with E-state index in [0.29, 0.717) is 5.92 Å². The van der Waals surface area contributed by atoms with Gasteiger partial charge in [-0.15, -0.1) is 0 Å². The van der Waals surface area contributed by atoms with E-state index < -0.39 is 15.2 Å². The summed E-state index contributed by atoms with van der Waals surface area (Å²) in [4.78, 5) is 0. The Hall–Kier alpha value is -0.580. The standard InChI is InChI=1S/C8H16N2O2S/c1-6-5-9-10(7(6)2)8(3)13(4,11)12/h5-8H,1-4H3. The molecular formula is C8H16N2O2S. The predicted octanol–water partition coefficient (Wildman–Crippen LogP) is 0.703. The average molecular weight is 204 g/mol. The van der Waals surface area contributed by atoms with E-state index >= 15 is 0 Å². The molecule has 0 saturated carbocycles. The van der Waals surface area contributed by atoms with Crippen LogP contribution in [0.2, 0.25) is 0 Å². The molecular weight excluding hydrogens is 188 g/mol. The van der Waals surface area contributed by atoms with Crippen LogP contribution in [0.5, 0.6) is 0 Å². The topological polar surface area (TPSA) is 49.7 Å². The Kier molecular flexibility index (Phi) is 2.66. The quantitative estimate of drug-likeness (QED) is 0.665. The Morgan fingerprint density at radius 3 is 2.31 bits per heavy atom. The summed E-state index contributed by atoms with van der Waals surface area (Å²) in [5.74, 6) is 0.323. The molecule has 13 heavy (non-hydrogen) atoms. The summed E-state index contributed by atoms with van der Waals surface area (Å²) in [6.07, 6.45) is 3.04. The fourth-order valence-electron chi connectivity index (χ4n) is 1.27. The van der Waals surface area contributed by atoms with E-state index in [4.69, 9.17) is 0 Å². The SMILES string of the molecule is CC1C=NN(C(C)S(C)(=O)=O)C1C. The number of hydrogen-bond donors (Lipinski definition) is 0. The van der Waals surface area contributed by atoms with Gasteiger partial charge in [0.05, 0.1) is 6.04 Å². The Bertz CT molecular complexity index is 310. The van der Waals surface area contributed by atoms with Crippen LogP contribution in [0.15, 0.2) is 5.10 Å². The van der Waals surface area contributed by atoms with Crippen molar-refractivity contribution < 1.29 is 8.42 Å². The minimum Gasteiger partial charge on any atom is -0.276 e. The van der Waals surface area contributed by atoms with Crippen LogP contribution in [0.3, 0.4) is 0 Å². The van der Waals surface area contributed by atoms with Gasteiger partial charge >= 0.3 is 0 Å². The van der Waals surface area contributed by atoms with Gasteiger partial charge in [-0.25, -0.2) is 8.42 Å². The third-order valence-electron chi connectivity index (χ3n) is 2.61. The fourth-order valence-corrected chi connectivity index (χ4v) is 1.91. The van der Waals surface area contributed by atoms with Gasteiger partial charge in [-0.3, -0.25) is 5.01 Å². The molecule has 0 N–H and O–H groups in total. The van der Waals surface area contributed by atoms with E-state index in [-0.39, 0.29) is 6.04 Å². The van der Waals surface area contributed by atoms with Gasteiger partial charge in [0.25, 0.3) is 0 Å². The molecule has 76 valence electrons. The lowest BCUT2D eigenvalue weighted by Gasteiger charge is -2.27. The normalized spacial score (nSPS) is 30.9. The van der Waals surface area contributed by atoms with Gasteiger partial charge in [-0.1, -0.05) is 6.92 Å². The Labute approximate surface area is 79.5 Å². The molecule has 0 fully saturated rings. The zero-order chi connectivity index (χ0) is 10.2. The lowest BCUT2D eigenvalue weighted by molar-refractivity contribution is 0.207. The first kappa shape index (κ1) is 10.5. The van der Waals surface area contributed by atoms with Crippen LogP contribution in [-0.4, -0.2) is 37.3 Å². The fraction of sp³-hybridized carbons (Fsp3) is 0.875. The maximum Gasteiger partial charge on any atom is 0.169 e. The molecule has 5 heteroatoms. The van der Waals surface area contributed by atoms with Gasteiger partial charge < -0.3 is 0 Å². The van der Waals surface area contributed by atoms with Crippen LogP contribution in [0.25, 0.3) is 0 Å². The van der Waals surface area contributed by atoms with E-state index in [9.17, 15) is 8.42 Å². The Morgan fingerprint density at radius 2 is 2.00 bits per heavy atom. The van der Waals surface area contributed by atoms with Crippen LogP contribution in [0.4, 0.5) is 0 Å². The number of sulfone groups is 1. The van der Waals surface area contributed by atoms with E-state index in [1.54, 1.807) is 18.1 Å². The number of rotatable bonds is 2. The Balaban J connectivity index is 2.81. The van der Waals surface area contributed by atoms with Crippen LogP contribution in [0, 0.1) is 5.92 Å². The van der Waals surface area contributed by atoms with Crippen molar-refractivity contribution in [1.82, 2.24) is 5.01 Å². The summed E-state index contributed by atoms with van der Waals surface area (Å²) >= 11 is 0. The molecule has 1 aliphatic heterocycles. The van der Waals surface area contributed by atoms with Crippen molar-refractivity contribution in [3.63, 3.8) is 0 Å². The van der Waals surface area contributed by atoms with Crippen molar-refractivity contribution in [3.8, 4) is 0 Å². The summed E-state index contributed by atoms with van der Waals surface area (Å²) in [6.45, 7) is 5.68. The third kappa shape index (κ3) is 2.02. The van der Waals surface area contributed by atoms with Gasteiger partial charge in [-0.05, 0) is 13.8 Å². The lowest BCUT2D eigenvalue weighted by Crippen LogP contribution is -2.39. The molecule has 0 spiro atoms. The van der Waals surface area contributed by atoms with E-state index in [0.717, 1.165) is 0 Å². The molecule has 1 heterocycles. The van der Waals surface area contributed by atoms with Crippen molar-refractivity contribution in [3.05, 3.63) is 0 Å². The van der Waals surface area contributed by atoms with Gasteiger partial charge in [0.1, 0.15) is 5.37 Å². The van der Waals surface area contributed by atoms with Crippen LogP contribution >= 0.6 is 0 Å². The highest BCUT2D eigenvalue weighted by Crippen LogP contribution is 2.21. The minimum absolute atomic E-state index is 0.171. The maximum absolute atomic E-state index is 11.3. The van der Waals surface area contributed by atoms with Crippen molar-refractivity contribution in [2.45, 2.75) is 32.2 Å². The second-order valence-electron chi connectivity index (χ2n) is 3.67. The lowest BCUT2D eigenvalue weighted by atomic mass is 10.1. The highest BCUT2D eigenvalue weighted by Gasteiger charge is 2.31. The van der Waals surface area contributed by atoms with Crippen molar-refractivity contribution >= 4 is 16.1 Å². The molecule has 0 aromatic carbocycles. The molecule has 0 bridgehead atoms. The van der Waals surface area contributed by atoms with Crippen molar-refractivity contribution in [1.29, 1.82) is 0 Å². The zero-order valence-corrected chi connectivity index (χ0v) is 9.25. The summed E-state index contributed by atoms with van der Waals surface area (Å²) in [5, 5.41) is 5.22. The molecule has 0 aromatic heterocycles. The molecule has 0 amide bonds. The molecule has 0 saturated heterocycles. The van der Waals surface area contributed by atoms with Crippen LogP contribution in [0.1, 0.15) is 20.8 Å². The first-order valence-electron chi connectivity index (χ1n) is 4.35. The Morgan fingerprint density at radius 1 is 1.46 bits per heavy atom. The minimum atomic E-state index is -3.03. The maximum atomic E-state index is 11.3. The number of hydrogen-bond acceptors (Lipinski definition) is 4. The summed E-state index contributed by atoms with van der Waals surface area (Å²) in [7, 11) is -3.03. The first-order valence-corrected chi connectivity index (χ1v) is 6.31. The smallest absolute Gasteiger partial charge is 0.169 e. The monoisotopic (exact) mass is 204 g/mol. The van der Waals surface area contributed by atoms with E-state index in [1.807, 2.05) is 13.8 Å². The molecule has 1 rings (SSSR count). The molecule has 0 aliphatic carbocycles. The molecule has 3 atom stereocenters. The largest absolute Gasteiger partial charge is 0.276 e. The zero-order valence-electron chi connectivity index (χ0n) is 8.43. The van der Waals surface area contributed by atoms with Crippen LogP contribution < -0.4 is 0 Å². The molecule has 4 nitrogen and oxygen atoms in total. The summed E-state index contributed by atoms with van der Waals surface area (Å²) in [6, 6.07) is 0.171. The van der Waals surface area contributed by atoms with E-state index in [2.05, 4.69) is 5.10 Å². The predicted molar refractivity (Wildman–Crippen MR) is 53.3 cm³/mol. The third-order valence-corrected chi connectivity index (χ3v) is 4.06. The highest BCUT2D eigenvalue weighted by molar-refractivity contribution is 7.91. The van der Waals surface area contributed by atoms with Crippen LogP contribution in [-0.2, 0) is 9.84 Å². The summed E-state index contributed by atoms with van der Waals surface area (Å²) in [5.41, 5.74) is 0. The van der Waals surface area contributed by atoms with Gasteiger partial charge in [-0.2, -0.15) is 5.10 Å². The average Bonchev–Trinajstić information content (AvgIpc) is 2.30. The number of nitrogens with zero attached hydrogens (tertiary/aromatic N) is 2. The molecule has 3 unspecified atom stereocenters. The van der Waals surface area contributed by atoms with E-state index in [1.165, 1.54) is 6.26 Å². The highest BCUT2D eigenvalue weighted by atomic mass is 32.2. The summed E-state index contributed by atoms with van der Waals surface area (Å²) < 4.78 is 22.5. The second-order valence-corrected chi connectivity index (χ2v) is 6.01.